The average Bonchev–Trinajstić information content (AvgIpc) is 3.50. The summed E-state index contributed by atoms with van der Waals surface area (Å²) in [5, 5.41) is 10.4. The first-order valence-corrected chi connectivity index (χ1v) is 13.5. The van der Waals surface area contributed by atoms with E-state index in [0.717, 1.165) is 39.4 Å². The molecule has 0 radical (unpaired) electrons. The van der Waals surface area contributed by atoms with Crippen LogP contribution in [0.3, 0.4) is 0 Å². The van der Waals surface area contributed by atoms with E-state index in [1.54, 1.807) is 11.3 Å². The molecule has 0 fully saturated rings. The van der Waals surface area contributed by atoms with Crippen LogP contribution in [0, 0.1) is 11.3 Å². The van der Waals surface area contributed by atoms with Crippen molar-refractivity contribution in [1.82, 2.24) is 9.71 Å². The van der Waals surface area contributed by atoms with E-state index in [9.17, 15) is 14.3 Å². The molecule has 1 aliphatic carbocycles. The number of methoxy groups -OCH3 is 1. The Morgan fingerprint density at radius 1 is 1.34 bits per heavy atom. The zero-order valence-electron chi connectivity index (χ0n) is 19.9. The molecule has 1 aromatic heterocycles. The minimum atomic E-state index is -1.32. The summed E-state index contributed by atoms with van der Waals surface area (Å²) in [5.74, 6) is 0.438. The molecule has 1 heterocycles. The van der Waals surface area contributed by atoms with Gasteiger partial charge in [-0.15, -0.1) is 11.3 Å². The number of fused-ring (bicyclic) bond motifs is 1. The monoisotopic (exact) mass is 509 g/mol. The Morgan fingerprint density at radius 3 is 2.91 bits per heavy atom. The second kappa shape index (κ2) is 11.1. The van der Waals surface area contributed by atoms with Crippen molar-refractivity contribution >= 4 is 28.3 Å². The van der Waals surface area contributed by atoms with Crippen molar-refractivity contribution in [2.75, 3.05) is 12.9 Å². The molecule has 2 atom stereocenters. The second-order valence-electron chi connectivity index (χ2n) is 8.48. The zero-order chi connectivity index (χ0) is 24.9. The fourth-order valence-corrected chi connectivity index (χ4v) is 6.14. The van der Waals surface area contributed by atoms with Crippen LogP contribution in [0.2, 0.25) is 0 Å². The summed E-state index contributed by atoms with van der Waals surface area (Å²) in [6.45, 7) is 3.86. The third kappa shape index (κ3) is 5.78. The molecule has 2 unspecified atom stereocenters. The Bertz CT molecular complexity index is 1300. The molecule has 0 saturated heterocycles. The van der Waals surface area contributed by atoms with Gasteiger partial charge in [0.1, 0.15) is 16.8 Å². The van der Waals surface area contributed by atoms with Crippen LogP contribution in [0.1, 0.15) is 49.4 Å². The lowest BCUT2D eigenvalue weighted by molar-refractivity contribution is -0.140. The molecule has 1 N–H and O–H groups in total. The van der Waals surface area contributed by atoms with Crippen molar-refractivity contribution < 1.29 is 18.5 Å². The number of rotatable bonds is 9. The molecule has 35 heavy (non-hydrogen) atoms. The third-order valence-electron chi connectivity index (χ3n) is 5.74. The summed E-state index contributed by atoms with van der Waals surface area (Å²) in [7, 11) is 0.0127. The molecule has 0 amide bonds. The van der Waals surface area contributed by atoms with Crippen LogP contribution in [-0.4, -0.2) is 34.1 Å². The molecular weight excluding hydrogens is 482 g/mol. The number of carbonyl (C=O) groups excluding carboxylic acids is 1. The van der Waals surface area contributed by atoms with Crippen molar-refractivity contribution in [1.29, 1.82) is 5.26 Å². The van der Waals surface area contributed by atoms with Crippen molar-refractivity contribution in [3.63, 3.8) is 0 Å². The van der Waals surface area contributed by atoms with E-state index in [1.807, 2.05) is 44.3 Å². The van der Waals surface area contributed by atoms with Gasteiger partial charge in [0.05, 0.1) is 41.1 Å². The first-order valence-electron chi connectivity index (χ1n) is 11.4. The van der Waals surface area contributed by atoms with Gasteiger partial charge in [0, 0.05) is 23.6 Å². The topological polar surface area (TPSA) is 101 Å². The molecule has 9 heteroatoms. The molecule has 0 saturated carbocycles. The fourth-order valence-electron chi connectivity index (χ4n) is 4.14. The number of nitrogens with one attached hydrogen (secondary N) is 1. The second-order valence-corrected chi connectivity index (χ2v) is 10.8. The number of carbonyl (C=O) groups is 1. The molecule has 2 aromatic carbocycles. The van der Waals surface area contributed by atoms with Gasteiger partial charge < -0.3 is 9.47 Å². The van der Waals surface area contributed by atoms with E-state index < -0.39 is 11.0 Å². The van der Waals surface area contributed by atoms with Gasteiger partial charge in [-0.3, -0.25) is 4.79 Å². The highest BCUT2D eigenvalue weighted by atomic mass is 32.2. The van der Waals surface area contributed by atoms with Crippen LogP contribution >= 0.6 is 11.3 Å². The molecule has 0 aliphatic heterocycles. The first-order chi connectivity index (χ1) is 16.9. The van der Waals surface area contributed by atoms with Crippen molar-refractivity contribution in [3.8, 4) is 32.8 Å². The summed E-state index contributed by atoms with van der Waals surface area (Å²) in [4.78, 5) is 17.0. The number of aromatic nitrogens is 1. The fraction of sp³-hybridized carbons (Fsp3) is 0.346. The van der Waals surface area contributed by atoms with Crippen LogP contribution in [0.25, 0.3) is 21.0 Å². The Labute approximate surface area is 211 Å². The standard InChI is InChI=1S/C26H27N3O4S2/c1-16(2)33-23-10-7-17(13-18(23)14-27)26-28-15-24(34-26)21-6-4-5-20-19(21)8-9-22(20)29-35(31)12-11-25(30)32-3/h4-7,10,13,15-16,22,29H,8-9,11-12H2,1-3H3. The van der Waals surface area contributed by atoms with Crippen LogP contribution in [0.5, 0.6) is 5.75 Å². The smallest absolute Gasteiger partial charge is 0.306 e. The van der Waals surface area contributed by atoms with Crippen LogP contribution in [0.4, 0.5) is 0 Å². The number of esters is 1. The van der Waals surface area contributed by atoms with E-state index in [0.29, 0.717) is 11.3 Å². The van der Waals surface area contributed by atoms with Crippen LogP contribution < -0.4 is 9.46 Å². The molecule has 4 rings (SSSR count). The highest BCUT2D eigenvalue weighted by Crippen LogP contribution is 2.41. The lowest BCUT2D eigenvalue weighted by Gasteiger charge is -2.14. The van der Waals surface area contributed by atoms with Crippen LogP contribution in [-0.2, 0) is 26.9 Å². The molecular formula is C26H27N3O4S2. The number of hydrogen-bond acceptors (Lipinski definition) is 7. The summed E-state index contributed by atoms with van der Waals surface area (Å²) in [6.07, 6.45) is 3.69. The quantitative estimate of drug-likeness (QED) is 0.410. The van der Waals surface area contributed by atoms with Gasteiger partial charge in [0.25, 0.3) is 0 Å². The number of ether oxygens (including phenoxy) is 2. The summed E-state index contributed by atoms with van der Waals surface area (Å²) < 4.78 is 26.0. The Hall–Kier alpha value is -3.06. The lowest BCUT2D eigenvalue weighted by Crippen LogP contribution is -2.25. The largest absolute Gasteiger partial charge is 0.490 e. The van der Waals surface area contributed by atoms with Gasteiger partial charge in [-0.25, -0.2) is 13.9 Å². The minimum Gasteiger partial charge on any atom is -0.490 e. The Morgan fingerprint density at radius 2 is 2.17 bits per heavy atom. The molecule has 0 bridgehead atoms. The first kappa shape index (κ1) is 25.0. The summed E-state index contributed by atoms with van der Waals surface area (Å²) in [5.41, 5.74) is 4.84. The summed E-state index contributed by atoms with van der Waals surface area (Å²) in [6, 6.07) is 13.9. The zero-order valence-corrected chi connectivity index (χ0v) is 21.5. The predicted octanol–water partition coefficient (Wildman–Crippen LogP) is 4.94. The van der Waals surface area contributed by atoms with E-state index in [2.05, 4.69) is 32.6 Å². The maximum Gasteiger partial charge on any atom is 0.306 e. The van der Waals surface area contributed by atoms with E-state index >= 15 is 0 Å². The van der Waals surface area contributed by atoms with Crippen LogP contribution in [0.15, 0.2) is 42.6 Å². The lowest BCUT2D eigenvalue weighted by atomic mass is 10.0. The number of hydrogen-bond donors (Lipinski definition) is 1. The van der Waals surface area contributed by atoms with Crippen molar-refractivity contribution in [2.24, 2.45) is 0 Å². The molecule has 1 aliphatic rings. The van der Waals surface area contributed by atoms with E-state index in [1.165, 1.54) is 12.7 Å². The maximum atomic E-state index is 12.4. The summed E-state index contributed by atoms with van der Waals surface area (Å²) >= 11 is 1.58. The van der Waals surface area contributed by atoms with Crippen molar-refractivity contribution in [2.45, 2.75) is 45.3 Å². The van der Waals surface area contributed by atoms with Gasteiger partial charge in [-0.05, 0) is 61.6 Å². The average molecular weight is 510 g/mol. The van der Waals surface area contributed by atoms with Gasteiger partial charge in [0.15, 0.2) is 0 Å². The number of nitrogens with zero attached hydrogens (tertiary/aromatic N) is 2. The van der Waals surface area contributed by atoms with Gasteiger partial charge >= 0.3 is 5.97 Å². The van der Waals surface area contributed by atoms with Gasteiger partial charge in [-0.1, -0.05) is 18.2 Å². The SMILES string of the molecule is COC(=O)CCS(=O)NC1CCc2c(-c3cnc(-c4ccc(OC(C)C)c(C#N)c4)s3)cccc21. The van der Waals surface area contributed by atoms with Gasteiger partial charge in [0.2, 0.25) is 0 Å². The number of benzene rings is 2. The Kier molecular flexibility index (Phi) is 7.96. The van der Waals surface area contributed by atoms with Crippen molar-refractivity contribution in [3.05, 3.63) is 59.3 Å². The predicted molar refractivity (Wildman–Crippen MR) is 137 cm³/mol. The Balaban J connectivity index is 1.54. The molecule has 7 nitrogen and oxygen atoms in total. The van der Waals surface area contributed by atoms with E-state index in [-0.39, 0.29) is 30.3 Å². The van der Waals surface area contributed by atoms with Gasteiger partial charge in [-0.2, -0.15) is 5.26 Å². The third-order valence-corrected chi connectivity index (χ3v) is 7.95. The highest BCUT2D eigenvalue weighted by Gasteiger charge is 2.27. The minimum absolute atomic E-state index is 0.0109. The normalized spacial score (nSPS) is 15.5. The molecule has 3 aromatic rings. The number of nitriles is 1. The maximum absolute atomic E-state index is 12.4. The molecule has 0 spiro atoms. The number of thiazole rings is 1. The van der Waals surface area contributed by atoms with E-state index in [4.69, 9.17) is 4.74 Å². The molecule has 182 valence electrons. The highest BCUT2D eigenvalue weighted by molar-refractivity contribution is 7.83.